The molecule has 1 aromatic heterocycles. The van der Waals surface area contributed by atoms with Crippen molar-refractivity contribution in [1.82, 2.24) is 9.89 Å². The van der Waals surface area contributed by atoms with Crippen LogP contribution >= 0.6 is 0 Å². The van der Waals surface area contributed by atoms with E-state index in [0.717, 1.165) is 13.1 Å². The molecule has 6 nitrogen and oxygen atoms in total. The number of hydrogen-bond acceptors (Lipinski definition) is 4. The highest BCUT2D eigenvalue weighted by molar-refractivity contribution is 5.91. The summed E-state index contributed by atoms with van der Waals surface area (Å²) in [7, 11) is 0. The van der Waals surface area contributed by atoms with Crippen molar-refractivity contribution < 1.29 is 9.53 Å². The molecule has 1 aromatic rings. The Labute approximate surface area is 81.2 Å². The standard InChI is InChI=1S/C8H12N4O2/c9-8(13)7-1-2-10-12(7)11-3-5-14-6-4-11/h1-2H,3-6H2,(H2,9,13). The molecule has 0 saturated carbocycles. The number of rotatable bonds is 2. The summed E-state index contributed by atoms with van der Waals surface area (Å²) < 4.78 is 5.20. The lowest BCUT2D eigenvalue weighted by Crippen LogP contribution is -2.46. The third-order valence-electron chi connectivity index (χ3n) is 2.13. The molecule has 0 bridgehead atoms. The second kappa shape index (κ2) is 3.67. The van der Waals surface area contributed by atoms with Crippen LogP contribution in [0.25, 0.3) is 0 Å². The van der Waals surface area contributed by atoms with Crippen LogP contribution in [-0.4, -0.2) is 42.1 Å². The minimum atomic E-state index is -0.464. The topological polar surface area (TPSA) is 73.4 Å². The van der Waals surface area contributed by atoms with Crippen molar-refractivity contribution in [3.8, 4) is 0 Å². The van der Waals surface area contributed by atoms with E-state index in [1.165, 1.54) is 0 Å². The maximum atomic E-state index is 11.0. The molecule has 0 aromatic carbocycles. The van der Waals surface area contributed by atoms with Gasteiger partial charge in [-0.1, -0.05) is 0 Å². The highest BCUT2D eigenvalue weighted by Gasteiger charge is 2.16. The van der Waals surface area contributed by atoms with Crippen LogP contribution in [-0.2, 0) is 4.74 Å². The third-order valence-corrected chi connectivity index (χ3v) is 2.13. The van der Waals surface area contributed by atoms with Crippen molar-refractivity contribution in [1.29, 1.82) is 0 Å². The molecule has 1 aliphatic heterocycles. The number of hydrogen-bond donors (Lipinski definition) is 1. The Bertz CT molecular complexity index is 330. The number of primary amides is 1. The molecule has 1 amide bonds. The van der Waals surface area contributed by atoms with Crippen molar-refractivity contribution in [3.05, 3.63) is 18.0 Å². The molecule has 2 rings (SSSR count). The number of aromatic nitrogens is 2. The zero-order chi connectivity index (χ0) is 9.97. The fraction of sp³-hybridized carbons (Fsp3) is 0.500. The zero-order valence-electron chi connectivity index (χ0n) is 7.72. The van der Waals surface area contributed by atoms with Gasteiger partial charge in [0.05, 0.1) is 32.5 Å². The molecular formula is C8H12N4O2. The molecule has 1 saturated heterocycles. The molecule has 76 valence electrons. The molecule has 0 spiro atoms. The molecule has 6 heteroatoms. The molecule has 14 heavy (non-hydrogen) atoms. The second-order valence-electron chi connectivity index (χ2n) is 3.04. The van der Waals surface area contributed by atoms with Gasteiger partial charge in [-0.05, 0) is 6.07 Å². The minimum Gasteiger partial charge on any atom is -0.378 e. The van der Waals surface area contributed by atoms with E-state index < -0.39 is 5.91 Å². The van der Waals surface area contributed by atoms with Gasteiger partial charge in [0.15, 0.2) is 0 Å². The van der Waals surface area contributed by atoms with Crippen molar-refractivity contribution in [2.45, 2.75) is 0 Å². The maximum absolute atomic E-state index is 11.0. The SMILES string of the molecule is NC(=O)c1ccnn1N1CCOCC1. The summed E-state index contributed by atoms with van der Waals surface area (Å²) in [6.45, 7) is 2.75. The molecule has 0 radical (unpaired) electrons. The maximum Gasteiger partial charge on any atom is 0.269 e. The Morgan fingerprint density at radius 2 is 2.21 bits per heavy atom. The molecular weight excluding hydrogens is 184 g/mol. The lowest BCUT2D eigenvalue weighted by atomic mass is 10.4. The quantitative estimate of drug-likeness (QED) is 0.655. The van der Waals surface area contributed by atoms with Gasteiger partial charge in [-0.15, -0.1) is 0 Å². The number of nitrogens with two attached hydrogens (primary N) is 1. The van der Waals surface area contributed by atoms with Crippen molar-refractivity contribution >= 4 is 5.91 Å². The van der Waals surface area contributed by atoms with Gasteiger partial charge in [-0.2, -0.15) is 9.89 Å². The fourth-order valence-electron chi connectivity index (χ4n) is 1.45. The number of ether oxygens (including phenoxy) is 1. The van der Waals surface area contributed by atoms with E-state index in [4.69, 9.17) is 10.5 Å². The minimum absolute atomic E-state index is 0.409. The van der Waals surface area contributed by atoms with Gasteiger partial charge >= 0.3 is 0 Å². The first kappa shape index (κ1) is 9.01. The van der Waals surface area contributed by atoms with E-state index in [9.17, 15) is 4.79 Å². The molecule has 0 aliphatic carbocycles. The molecule has 1 fully saturated rings. The number of amides is 1. The molecule has 0 atom stereocenters. The van der Waals surface area contributed by atoms with Crippen molar-refractivity contribution in [2.24, 2.45) is 5.73 Å². The van der Waals surface area contributed by atoms with Crippen LogP contribution in [0.3, 0.4) is 0 Å². The van der Waals surface area contributed by atoms with Gasteiger partial charge in [0, 0.05) is 0 Å². The van der Waals surface area contributed by atoms with Crippen molar-refractivity contribution in [3.63, 3.8) is 0 Å². The van der Waals surface area contributed by atoms with Gasteiger partial charge in [0.25, 0.3) is 5.91 Å². The predicted octanol–water partition coefficient (Wildman–Crippen LogP) is -1.05. The molecule has 1 aliphatic rings. The second-order valence-corrected chi connectivity index (χ2v) is 3.04. The van der Waals surface area contributed by atoms with E-state index in [0.29, 0.717) is 18.9 Å². The monoisotopic (exact) mass is 196 g/mol. The first-order valence-corrected chi connectivity index (χ1v) is 4.46. The first-order chi connectivity index (χ1) is 6.79. The summed E-state index contributed by atoms with van der Waals surface area (Å²) in [6.07, 6.45) is 1.57. The molecule has 2 N–H and O–H groups in total. The zero-order valence-corrected chi connectivity index (χ0v) is 7.72. The molecule has 0 unspecified atom stereocenters. The van der Waals surface area contributed by atoms with Gasteiger partial charge in [0.1, 0.15) is 5.69 Å². The van der Waals surface area contributed by atoms with Gasteiger partial charge in [-0.25, -0.2) is 0 Å². The Morgan fingerprint density at radius 1 is 1.50 bits per heavy atom. The van der Waals surface area contributed by atoms with Crippen LogP contribution in [0.15, 0.2) is 12.3 Å². The highest BCUT2D eigenvalue weighted by atomic mass is 16.5. The predicted molar refractivity (Wildman–Crippen MR) is 49.5 cm³/mol. The summed E-state index contributed by atoms with van der Waals surface area (Å²) in [4.78, 5) is 12.6. The van der Waals surface area contributed by atoms with Gasteiger partial charge in [0.2, 0.25) is 0 Å². The lowest BCUT2D eigenvalue weighted by Gasteiger charge is -2.29. The van der Waals surface area contributed by atoms with E-state index >= 15 is 0 Å². The average molecular weight is 196 g/mol. The average Bonchev–Trinajstić information content (AvgIpc) is 2.67. The lowest BCUT2D eigenvalue weighted by molar-refractivity contribution is 0.0962. The van der Waals surface area contributed by atoms with E-state index in [1.54, 1.807) is 17.1 Å². The summed E-state index contributed by atoms with van der Waals surface area (Å²) in [6, 6.07) is 1.61. The Kier molecular flexibility index (Phi) is 2.36. The fourth-order valence-corrected chi connectivity index (χ4v) is 1.45. The Hall–Kier alpha value is -1.56. The van der Waals surface area contributed by atoms with E-state index in [2.05, 4.69) is 5.10 Å². The van der Waals surface area contributed by atoms with Crippen LogP contribution < -0.4 is 10.7 Å². The molecule has 2 heterocycles. The smallest absolute Gasteiger partial charge is 0.269 e. The van der Waals surface area contributed by atoms with Gasteiger partial charge in [-0.3, -0.25) is 9.80 Å². The van der Waals surface area contributed by atoms with E-state index in [1.807, 2.05) is 5.01 Å². The summed E-state index contributed by atoms with van der Waals surface area (Å²) in [5, 5.41) is 5.98. The first-order valence-electron chi connectivity index (χ1n) is 4.46. The summed E-state index contributed by atoms with van der Waals surface area (Å²) in [5.74, 6) is -0.464. The van der Waals surface area contributed by atoms with Gasteiger partial charge < -0.3 is 10.5 Å². The Morgan fingerprint density at radius 3 is 2.86 bits per heavy atom. The number of morpholine rings is 1. The highest BCUT2D eigenvalue weighted by Crippen LogP contribution is 2.02. The largest absolute Gasteiger partial charge is 0.378 e. The summed E-state index contributed by atoms with van der Waals surface area (Å²) in [5.41, 5.74) is 5.62. The van der Waals surface area contributed by atoms with Crippen LogP contribution in [0.2, 0.25) is 0 Å². The Balaban J connectivity index is 2.21. The van der Waals surface area contributed by atoms with Crippen molar-refractivity contribution in [2.75, 3.05) is 31.3 Å². The third kappa shape index (κ3) is 1.56. The van der Waals surface area contributed by atoms with Crippen LogP contribution in [0, 0.1) is 0 Å². The summed E-state index contributed by atoms with van der Waals surface area (Å²) >= 11 is 0. The van der Waals surface area contributed by atoms with E-state index in [-0.39, 0.29) is 0 Å². The van der Waals surface area contributed by atoms with Crippen LogP contribution in [0.4, 0.5) is 0 Å². The van der Waals surface area contributed by atoms with Crippen LogP contribution in [0.1, 0.15) is 10.5 Å². The van der Waals surface area contributed by atoms with Crippen LogP contribution in [0.5, 0.6) is 0 Å². The number of carbonyl (C=O) groups excluding carboxylic acids is 1. The number of carbonyl (C=O) groups is 1. The normalized spacial score (nSPS) is 17.0. The number of nitrogens with zero attached hydrogens (tertiary/aromatic N) is 3.